The van der Waals surface area contributed by atoms with Gasteiger partial charge in [0.1, 0.15) is 9.71 Å². The van der Waals surface area contributed by atoms with Crippen molar-refractivity contribution in [2.24, 2.45) is 0 Å². The highest BCUT2D eigenvalue weighted by atomic mass is 32.1. The van der Waals surface area contributed by atoms with E-state index in [0.29, 0.717) is 9.71 Å². The largest absolute Gasteiger partial charge is 0.477 e. The van der Waals surface area contributed by atoms with Gasteiger partial charge in [-0.25, -0.2) is 4.79 Å². The number of carbonyl (C=O) groups is 1. The molecule has 5 heteroatoms. The van der Waals surface area contributed by atoms with Gasteiger partial charge in [0.05, 0.1) is 6.20 Å². The van der Waals surface area contributed by atoms with Crippen molar-refractivity contribution in [2.45, 2.75) is 0 Å². The molecule has 1 N–H and O–H groups in total. The molecular weight excluding hydrogens is 176 g/mol. The Labute approximate surface area is 71.5 Å². The van der Waals surface area contributed by atoms with Crippen LogP contribution < -0.4 is 0 Å². The molecule has 2 rings (SSSR count). The predicted octanol–water partition coefficient (Wildman–Crippen LogP) is 1.39. The average molecular weight is 180 g/mol. The van der Waals surface area contributed by atoms with Gasteiger partial charge in [0.15, 0.2) is 0 Å². The van der Waals surface area contributed by atoms with E-state index in [1.807, 2.05) is 0 Å². The second-order valence-corrected chi connectivity index (χ2v) is 3.24. The van der Waals surface area contributed by atoms with E-state index in [1.54, 1.807) is 18.3 Å². The van der Waals surface area contributed by atoms with Gasteiger partial charge in [0, 0.05) is 5.39 Å². The van der Waals surface area contributed by atoms with Crippen molar-refractivity contribution >= 4 is 27.5 Å². The first-order chi connectivity index (χ1) is 5.77. The van der Waals surface area contributed by atoms with Crippen molar-refractivity contribution in [3.8, 4) is 0 Å². The zero-order valence-corrected chi connectivity index (χ0v) is 6.71. The van der Waals surface area contributed by atoms with Crippen LogP contribution >= 0.6 is 11.3 Å². The third-order valence-electron chi connectivity index (χ3n) is 1.42. The summed E-state index contributed by atoms with van der Waals surface area (Å²) in [5.41, 5.74) is 0. The highest BCUT2D eigenvalue weighted by Gasteiger charge is 2.08. The number of rotatable bonds is 1. The molecule has 0 aromatic carbocycles. The maximum atomic E-state index is 10.5. The first-order valence-corrected chi connectivity index (χ1v) is 4.03. The minimum atomic E-state index is -0.919. The molecule has 2 heterocycles. The Hall–Kier alpha value is -1.49. The summed E-state index contributed by atoms with van der Waals surface area (Å²) >= 11 is 1.13. The summed E-state index contributed by atoms with van der Waals surface area (Å²) in [5, 5.41) is 16.9. The molecule has 0 unspecified atom stereocenters. The van der Waals surface area contributed by atoms with E-state index in [-0.39, 0.29) is 0 Å². The third kappa shape index (κ3) is 1.04. The Morgan fingerprint density at radius 1 is 1.58 bits per heavy atom. The van der Waals surface area contributed by atoms with Gasteiger partial charge >= 0.3 is 5.97 Å². The average Bonchev–Trinajstić information content (AvgIpc) is 2.46. The van der Waals surface area contributed by atoms with Gasteiger partial charge in [-0.3, -0.25) is 0 Å². The van der Waals surface area contributed by atoms with Gasteiger partial charge < -0.3 is 5.11 Å². The molecule has 2 aromatic rings. The lowest BCUT2D eigenvalue weighted by Gasteiger charge is -1.80. The summed E-state index contributed by atoms with van der Waals surface area (Å²) in [5.74, 6) is -0.919. The van der Waals surface area contributed by atoms with Crippen LogP contribution in [0.5, 0.6) is 0 Å². The van der Waals surface area contributed by atoms with Crippen LogP contribution in [0.2, 0.25) is 0 Å². The van der Waals surface area contributed by atoms with Crippen LogP contribution in [0.3, 0.4) is 0 Å². The molecule has 0 bridgehead atoms. The van der Waals surface area contributed by atoms with Gasteiger partial charge in [0.25, 0.3) is 0 Å². The van der Waals surface area contributed by atoms with E-state index >= 15 is 0 Å². The first-order valence-electron chi connectivity index (χ1n) is 3.22. The maximum absolute atomic E-state index is 10.5. The SMILES string of the molecule is O=C(O)c1cc2ccnnc2s1. The Balaban J connectivity index is 2.70. The van der Waals surface area contributed by atoms with Crippen LogP contribution in [0.15, 0.2) is 18.3 Å². The summed E-state index contributed by atoms with van der Waals surface area (Å²) in [6.07, 6.45) is 1.54. The zero-order chi connectivity index (χ0) is 8.55. The van der Waals surface area contributed by atoms with Crippen molar-refractivity contribution < 1.29 is 9.90 Å². The van der Waals surface area contributed by atoms with E-state index in [4.69, 9.17) is 5.11 Å². The molecule has 0 amide bonds. The molecule has 0 aliphatic heterocycles. The number of hydrogen-bond acceptors (Lipinski definition) is 4. The molecule has 12 heavy (non-hydrogen) atoms. The fourth-order valence-electron chi connectivity index (χ4n) is 0.898. The molecule has 0 spiro atoms. The van der Waals surface area contributed by atoms with Gasteiger partial charge in [-0.15, -0.1) is 16.4 Å². The number of nitrogens with zero attached hydrogens (tertiary/aromatic N) is 2. The van der Waals surface area contributed by atoms with E-state index in [2.05, 4.69) is 10.2 Å². The molecular formula is C7H4N2O2S. The van der Waals surface area contributed by atoms with E-state index in [0.717, 1.165) is 16.7 Å². The lowest BCUT2D eigenvalue weighted by Crippen LogP contribution is -1.89. The summed E-state index contributed by atoms with van der Waals surface area (Å²) in [6.45, 7) is 0. The van der Waals surface area contributed by atoms with Gasteiger partial charge in [-0.05, 0) is 12.1 Å². The van der Waals surface area contributed by atoms with Gasteiger partial charge in [0.2, 0.25) is 0 Å². The van der Waals surface area contributed by atoms with E-state index in [1.165, 1.54) is 0 Å². The van der Waals surface area contributed by atoms with Gasteiger partial charge in [-0.1, -0.05) is 0 Å². The molecule has 0 aliphatic rings. The molecule has 0 atom stereocenters. The van der Waals surface area contributed by atoms with Crippen LogP contribution in [-0.4, -0.2) is 21.3 Å². The molecule has 60 valence electrons. The Bertz CT molecular complexity index is 405. The van der Waals surface area contributed by atoms with E-state index < -0.39 is 5.97 Å². The molecule has 0 aliphatic carbocycles. The predicted molar refractivity (Wildman–Crippen MR) is 44.4 cm³/mol. The smallest absolute Gasteiger partial charge is 0.345 e. The first kappa shape index (κ1) is 7.17. The van der Waals surface area contributed by atoms with Crippen molar-refractivity contribution in [1.82, 2.24) is 10.2 Å². The molecule has 0 fully saturated rings. The lowest BCUT2D eigenvalue weighted by molar-refractivity contribution is 0.0702. The normalized spacial score (nSPS) is 10.3. The van der Waals surface area contributed by atoms with Crippen LogP contribution in [0.1, 0.15) is 9.67 Å². The number of carboxylic acids is 1. The van der Waals surface area contributed by atoms with Crippen molar-refractivity contribution in [3.63, 3.8) is 0 Å². The summed E-state index contributed by atoms with van der Waals surface area (Å²) in [7, 11) is 0. The highest BCUT2D eigenvalue weighted by molar-refractivity contribution is 7.20. The van der Waals surface area contributed by atoms with Crippen LogP contribution in [0.4, 0.5) is 0 Å². The fourth-order valence-corrected chi connectivity index (χ4v) is 1.71. The Morgan fingerprint density at radius 3 is 3.08 bits per heavy atom. The van der Waals surface area contributed by atoms with Crippen molar-refractivity contribution in [3.05, 3.63) is 23.2 Å². The minimum Gasteiger partial charge on any atom is -0.477 e. The maximum Gasteiger partial charge on any atom is 0.345 e. The number of fused-ring (bicyclic) bond motifs is 1. The molecule has 2 aromatic heterocycles. The second kappa shape index (κ2) is 2.53. The summed E-state index contributed by atoms with van der Waals surface area (Å²) in [4.78, 5) is 11.5. The van der Waals surface area contributed by atoms with Crippen LogP contribution in [0, 0.1) is 0 Å². The fraction of sp³-hybridized carbons (Fsp3) is 0. The molecule has 0 saturated heterocycles. The molecule has 0 radical (unpaired) electrons. The Kier molecular flexibility index (Phi) is 1.51. The van der Waals surface area contributed by atoms with Crippen molar-refractivity contribution in [1.29, 1.82) is 0 Å². The lowest BCUT2D eigenvalue weighted by atomic mass is 10.3. The number of carboxylic acid groups (broad SMARTS) is 1. The summed E-state index contributed by atoms with van der Waals surface area (Å²) in [6, 6.07) is 3.34. The zero-order valence-electron chi connectivity index (χ0n) is 5.89. The second-order valence-electron chi connectivity index (χ2n) is 2.21. The number of hydrogen-bond donors (Lipinski definition) is 1. The number of thiophene rings is 1. The topological polar surface area (TPSA) is 63.1 Å². The minimum absolute atomic E-state index is 0.297. The van der Waals surface area contributed by atoms with Crippen molar-refractivity contribution in [2.75, 3.05) is 0 Å². The highest BCUT2D eigenvalue weighted by Crippen LogP contribution is 2.22. The standard InChI is InChI=1S/C7H4N2O2S/c10-7(11)5-3-4-1-2-8-9-6(4)12-5/h1-3H,(H,10,11). The monoisotopic (exact) mass is 180 g/mol. The number of aromatic carboxylic acids is 1. The molecule has 0 saturated carbocycles. The third-order valence-corrected chi connectivity index (χ3v) is 2.44. The quantitative estimate of drug-likeness (QED) is 0.720. The molecule has 4 nitrogen and oxygen atoms in total. The summed E-state index contributed by atoms with van der Waals surface area (Å²) < 4.78 is 0. The van der Waals surface area contributed by atoms with Crippen LogP contribution in [0.25, 0.3) is 10.2 Å². The Morgan fingerprint density at radius 2 is 2.42 bits per heavy atom. The van der Waals surface area contributed by atoms with Crippen LogP contribution in [-0.2, 0) is 0 Å². The van der Waals surface area contributed by atoms with E-state index in [9.17, 15) is 4.79 Å². The van der Waals surface area contributed by atoms with Gasteiger partial charge in [-0.2, -0.15) is 5.10 Å². The number of aromatic nitrogens is 2.